The van der Waals surface area contributed by atoms with Crippen LogP contribution in [0, 0.1) is 6.92 Å². The minimum absolute atomic E-state index is 0.182. The molecule has 2 N–H and O–H groups in total. The summed E-state index contributed by atoms with van der Waals surface area (Å²) >= 11 is 0. The fourth-order valence-corrected chi connectivity index (χ4v) is 2.89. The third-order valence-corrected chi connectivity index (χ3v) is 4.43. The summed E-state index contributed by atoms with van der Waals surface area (Å²) in [6.45, 7) is 4.74. The second kappa shape index (κ2) is 10.4. The van der Waals surface area contributed by atoms with Crippen LogP contribution in [0.25, 0.3) is 11.3 Å². The van der Waals surface area contributed by atoms with Crippen LogP contribution in [-0.2, 0) is 6.54 Å². The maximum absolute atomic E-state index is 12.5. The smallest absolute Gasteiger partial charge is 0.285 e. The van der Waals surface area contributed by atoms with E-state index in [1.807, 2.05) is 32.0 Å². The van der Waals surface area contributed by atoms with E-state index in [1.54, 1.807) is 32.7 Å². The van der Waals surface area contributed by atoms with Gasteiger partial charge in [0.1, 0.15) is 17.2 Å². The minimum Gasteiger partial charge on any atom is -0.497 e. The minimum atomic E-state index is -0.402. The van der Waals surface area contributed by atoms with Gasteiger partial charge in [-0.1, -0.05) is 0 Å². The van der Waals surface area contributed by atoms with Gasteiger partial charge >= 0.3 is 0 Å². The molecule has 3 aromatic rings. The van der Waals surface area contributed by atoms with Gasteiger partial charge in [0.15, 0.2) is 0 Å². The SMILES string of the molecule is CCOc1cc(C)c(-c2cncc(C(=O)NNCc3cc(OC)cc(OC)c3)n2)cn1. The Labute approximate surface area is 180 Å². The number of benzene rings is 1. The second-order valence-corrected chi connectivity index (χ2v) is 6.59. The predicted molar refractivity (Wildman–Crippen MR) is 115 cm³/mol. The van der Waals surface area contributed by atoms with E-state index in [2.05, 4.69) is 25.8 Å². The van der Waals surface area contributed by atoms with Crippen molar-refractivity contribution < 1.29 is 19.0 Å². The van der Waals surface area contributed by atoms with Crippen LogP contribution in [0.1, 0.15) is 28.5 Å². The zero-order chi connectivity index (χ0) is 22.2. The van der Waals surface area contributed by atoms with E-state index in [1.165, 1.54) is 6.20 Å². The molecular weight excluding hydrogens is 398 g/mol. The van der Waals surface area contributed by atoms with Crippen molar-refractivity contribution in [2.24, 2.45) is 0 Å². The molecule has 0 spiro atoms. The summed E-state index contributed by atoms with van der Waals surface area (Å²) in [5, 5.41) is 0. The summed E-state index contributed by atoms with van der Waals surface area (Å²) in [7, 11) is 3.17. The number of ether oxygens (including phenoxy) is 3. The summed E-state index contributed by atoms with van der Waals surface area (Å²) in [6, 6.07) is 7.31. The number of hydrogen-bond acceptors (Lipinski definition) is 8. The number of nitrogens with one attached hydrogen (secondary N) is 2. The van der Waals surface area contributed by atoms with Crippen molar-refractivity contribution in [1.29, 1.82) is 0 Å². The lowest BCUT2D eigenvalue weighted by molar-refractivity contribution is 0.0927. The highest BCUT2D eigenvalue weighted by Gasteiger charge is 2.12. The number of amides is 1. The summed E-state index contributed by atoms with van der Waals surface area (Å²) < 4.78 is 15.9. The molecule has 0 saturated carbocycles. The van der Waals surface area contributed by atoms with Crippen molar-refractivity contribution in [3.05, 3.63) is 59.7 Å². The van der Waals surface area contributed by atoms with Crippen molar-refractivity contribution >= 4 is 5.91 Å². The molecule has 0 bridgehead atoms. The first-order chi connectivity index (χ1) is 15.0. The van der Waals surface area contributed by atoms with E-state index in [4.69, 9.17) is 14.2 Å². The van der Waals surface area contributed by atoms with Crippen LogP contribution >= 0.6 is 0 Å². The summed E-state index contributed by atoms with van der Waals surface area (Å²) in [5.74, 6) is 1.48. The monoisotopic (exact) mass is 423 g/mol. The van der Waals surface area contributed by atoms with Crippen molar-refractivity contribution in [1.82, 2.24) is 25.8 Å². The molecule has 0 aliphatic rings. The van der Waals surface area contributed by atoms with Crippen LogP contribution in [0.4, 0.5) is 0 Å². The molecule has 0 fully saturated rings. The van der Waals surface area contributed by atoms with Gasteiger partial charge in [0, 0.05) is 30.4 Å². The Bertz CT molecular complexity index is 1040. The number of rotatable bonds is 9. The lowest BCUT2D eigenvalue weighted by Crippen LogP contribution is -2.37. The van der Waals surface area contributed by atoms with Crippen molar-refractivity contribution in [2.45, 2.75) is 20.4 Å². The zero-order valence-electron chi connectivity index (χ0n) is 17.9. The Kier molecular flexibility index (Phi) is 7.34. The largest absolute Gasteiger partial charge is 0.497 e. The lowest BCUT2D eigenvalue weighted by atomic mass is 10.1. The van der Waals surface area contributed by atoms with Gasteiger partial charge in [-0.25, -0.2) is 15.4 Å². The summed E-state index contributed by atoms with van der Waals surface area (Å²) in [4.78, 5) is 25.4. The zero-order valence-corrected chi connectivity index (χ0v) is 17.9. The summed E-state index contributed by atoms with van der Waals surface area (Å²) in [6.07, 6.45) is 4.67. The fourth-order valence-electron chi connectivity index (χ4n) is 2.89. The van der Waals surface area contributed by atoms with Crippen LogP contribution in [0.3, 0.4) is 0 Å². The third-order valence-electron chi connectivity index (χ3n) is 4.43. The molecule has 9 heteroatoms. The van der Waals surface area contributed by atoms with Crippen LogP contribution in [0.5, 0.6) is 17.4 Å². The summed E-state index contributed by atoms with van der Waals surface area (Å²) in [5.41, 5.74) is 8.84. The molecule has 3 rings (SSSR count). The molecule has 1 aromatic carbocycles. The van der Waals surface area contributed by atoms with E-state index in [0.717, 1.165) is 16.7 Å². The molecule has 31 heavy (non-hydrogen) atoms. The number of hydrogen-bond donors (Lipinski definition) is 2. The van der Waals surface area contributed by atoms with Gasteiger partial charge < -0.3 is 14.2 Å². The molecule has 1 amide bonds. The van der Waals surface area contributed by atoms with Gasteiger partial charge in [-0.2, -0.15) is 0 Å². The lowest BCUT2D eigenvalue weighted by Gasteiger charge is -2.11. The normalized spacial score (nSPS) is 10.5. The van der Waals surface area contributed by atoms with Gasteiger partial charge in [0.2, 0.25) is 5.88 Å². The van der Waals surface area contributed by atoms with Crippen LogP contribution < -0.4 is 25.1 Å². The Hall–Kier alpha value is -3.72. The number of hydrazine groups is 1. The number of nitrogens with zero attached hydrogens (tertiary/aromatic N) is 3. The fraction of sp³-hybridized carbons (Fsp3) is 0.273. The van der Waals surface area contributed by atoms with Crippen molar-refractivity contribution in [3.63, 3.8) is 0 Å². The second-order valence-electron chi connectivity index (χ2n) is 6.59. The number of pyridine rings is 1. The van der Waals surface area contributed by atoms with Crippen molar-refractivity contribution in [2.75, 3.05) is 20.8 Å². The number of aryl methyl sites for hydroxylation is 1. The predicted octanol–water partition coefficient (Wildman–Crippen LogP) is 2.70. The van der Waals surface area contributed by atoms with Crippen LogP contribution in [-0.4, -0.2) is 41.7 Å². The maximum atomic E-state index is 12.5. The molecule has 0 unspecified atom stereocenters. The van der Waals surface area contributed by atoms with Crippen LogP contribution in [0.2, 0.25) is 0 Å². The average molecular weight is 423 g/mol. The van der Waals surface area contributed by atoms with Crippen LogP contribution in [0.15, 0.2) is 42.9 Å². The number of methoxy groups -OCH3 is 2. The highest BCUT2D eigenvalue weighted by atomic mass is 16.5. The highest BCUT2D eigenvalue weighted by molar-refractivity contribution is 5.92. The van der Waals surface area contributed by atoms with E-state index >= 15 is 0 Å². The van der Waals surface area contributed by atoms with E-state index in [0.29, 0.717) is 36.2 Å². The number of aromatic nitrogens is 3. The molecule has 0 atom stereocenters. The molecule has 0 aliphatic carbocycles. The Morgan fingerprint density at radius 2 is 1.77 bits per heavy atom. The van der Waals surface area contributed by atoms with Crippen molar-refractivity contribution in [3.8, 4) is 28.6 Å². The van der Waals surface area contributed by atoms with Gasteiger partial charge in [-0.05, 0) is 37.1 Å². The molecule has 162 valence electrons. The Balaban J connectivity index is 1.67. The van der Waals surface area contributed by atoms with E-state index < -0.39 is 5.91 Å². The average Bonchev–Trinajstić information content (AvgIpc) is 2.79. The standard InChI is InChI=1S/C22H25N5O4/c1-5-31-21-6-14(2)18(11-24-21)19-12-23-13-20(26-19)22(28)27-25-10-15-7-16(29-3)9-17(8-15)30-4/h6-9,11-13,25H,5,10H2,1-4H3,(H,27,28). The topological polar surface area (TPSA) is 107 Å². The molecular formula is C22H25N5O4. The molecule has 9 nitrogen and oxygen atoms in total. The van der Waals surface area contributed by atoms with E-state index in [-0.39, 0.29) is 5.69 Å². The molecule has 2 heterocycles. The molecule has 2 aromatic heterocycles. The Morgan fingerprint density at radius 3 is 2.42 bits per heavy atom. The van der Waals surface area contributed by atoms with Gasteiger partial charge in [-0.3, -0.25) is 15.2 Å². The van der Waals surface area contributed by atoms with Gasteiger partial charge in [-0.15, -0.1) is 0 Å². The van der Waals surface area contributed by atoms with Gasteiger partial charge in [0.05, 0.1) is 38.9 Å². The number of carbonyl (C=O) groups is 1. The Morgan fingerprint density at radius 1 is 1.03 bits per heavy atom. The highest BCUT2D eigenvalue weighted by Crippen LogP contribution is 2.23. The first-order valence-electron chi connectivity index (χ1n) is 9.71. The first-order valence-corrected chi connectivity index (χ1v) is 9.71. The van der Waals surface area contributed by atoms with Gasteiger partial charge in [0.25, 0.3) is 5.91 Å². The quantitative estimate of drug-likeness (QED) is 0.506. The molecule has 0 aliphatic heterocycles. The molecule has 0 saturated heterocycles. The van der Waals surface area contributed by atoms with E-state index in [9.17, 15) is 4.79 Å². The maximum Gasteiger partial charge on any atom is 0.285 e. The third kappa shape index (κ3) is 5.67. The number of carbonyl (C=O) groups excluding carboxylic acids is 1. The first kappa shape index (κ1) is 22.0. The molecule has 0 radical (unpaired) electrons.